The van der Waals surface area contributed by atoms with Crippen LogP contribution in [0.1, 0.15) is 0 Å². The Bertz CT molecular complexity index is 1020. The van der Waals surface area contributed by atoms with Gasteiger partial charge in [0.25, 0.3) is 0 Å². The van der Waals surface area contributed by atoms with Crippen molar-refractivity contribution in [2.45, 2.75) is 0 Å². The van der Waals surface area contributed by atoms with E-state index in [1.165, 1.54) is 12.1 Å². The van der Waals surface area contributed by atoms with Gasteiger partial charge in [-0.3, -0.25) is 4.79 Å². The molecule has 1 aromatic heterocycles. The maximum absolute atomic E-state index is 14.1. The minimum absolute atomic E-state index is 0.0996. The van der Waals surface area contributed by atoms with Crippen molar-refractivity contribution in [1.82, 2.24) is 0 Å². The molecule has 0 atom stereocenters. The van der Waals surface area contributed by atoms with Gasteiger partial charge in [0.05, 0.1) is 16.8 Å². The van der Waals surface area contributed by atoms with Gasteiger partial charge in [-0.2, -0.15) is 0 Å². The van der Waals surface area contributed by atoms with E-state index in [1.54, 1.807) is 0 Å². The molecule has 0 fully saturated rings. The molecule has 0 saturated carbocycles. The highest BCUT2D eigenvalue weighted by atomic mass is 35.5. The first-order valence-corrected chi connectivity index (χ1v) is 6.64. The Morgan fingerprint density at radius 2 is 1.74 bits per heavy atom. The molecule has 0 bridgehead atoms. The van der Waals surface area contributed by atoms with Crippen molar-refractivity contribution < 1.29 is 17.6 Å². The van der Waals surface area contributed by atoms with Crippen molar-refractivity contribution in [3.05, 3.63) is 57.0 Å². The maximum Gasteiger partial charge on any atom is 0.195 e. The number of fused-ring (bicyclic) bond motifs is 1. The number of halogens is 4. The van der Waals surface area contributed by atoms with Crippen LogP contribution in [0.3, 0.4) is 0 Å². The number of nitrogens with two attached hydrogens (primary N) is 2. The fourth-order valence-electron chi connectivity index (χ4n) is 2.15. The largest absolute Gasteiger partial charge is 0.453 e. The minimum atomic E-state index is -1.26. The van der Waals surface area contributed by atoms with E-state index in [9.17, 15) is 18.0 Å². The summed E-state index contributed by atoms with van der Waals surface area (Å²) in [6.07, 6.45) is 0. The van der Waals surface area contributed by atoms with Crippen molar-refractivity contribution in [2.75, 3.05) is 11.5 Å². The number of hydrogen-bond donors (Lipinski definition) is 2. The molecule has 0 unspecified atom stereocenters. The van der Waals surface area contributed by atoms with Gasteiger partial charge in [0.15, 0.2) is 22.6 Å². The van der Waals surface area contributed by atoms with Gasteiger partial charge < -0.3 is 15.9 Å². The molecule has 0 aliphatic rings. The number of hydrogen-bond acceptors (Lipinski definition) is 4. The molecule has 0 aliphatic carbocycles. The lowest BCUT2D eigenvalue weighted by molar-refractivity contribution is 0.547. The summed E-state index contributed by atoms with van der Waals surface area (Å²) >= 11 is 5.49. The second-order valence-electron chi connectivity index (χ2n) is 4.77. The highest BCUT2D eigenvalue weighted by molar-refractivity contribution is 6.32. The Balaban J connectivity index is 2.38. The lowest BCUT2D eigenvalue weighted by atomic mass is 10.1. The van der Waals surface area contributed by atoms with Crippen LogP contribution in [-0.2, 0) is 0 Å². The third kappa shape index (κ3) is 2.29. The van der Waals surface area contributed by atoms with Crippen molar-refractivity contribution in [1.29, 1.82) is 0 Å². The van der Waals surface area contributed by atoms with Crippen LogP contribution in [-0.4, -0.2) is 0 Å². The van der Waals surface area contributed by atoms with Crippen LogP contribution in [0.15, 0.2) is 33.5 Å². The van der Waals surface area contributed by atoms with Gasteiger partial charge in [0, 0.05) is 11.6 Å². The molecule has 23 heavy (non-hydrogen) atoms. The van der Waals surface area contributed by atoms with E-state index in [1.807, 2.05) is 0 Å². The summed E-state index contributed by atoms with van der Waals surface area (Å²) in [5, 5.41) is -1.36. The summed E-state index contributed by atoms with van der Waals surface area (Å²) in [4.78, 5) is 12.1. The lowest BCUT2D eigenvalue weighted by Gasteiger charge is -2.08. The summed E-state index contributed by atoms with van der Waals surface area (Å²) in [5.74, 6) is -3.37. The van der Waals surface area contributed by atoms with Crippen LogP contribution < -0.4 is 16.9 Å². The van der Waals surface area contributed by atoms with Gasteiger partial charge in [0.1, 0.15) is 16.6 Å². The molecule has 0 spiro atoms. The van der Waals surface area contributed by atoms with Gasteiger partial charge in [-0.1, -0.05) is 11.6 Å². The first-order valence-electron chi connectivity index (χ1n) is 6.26. The molecule has 8 heteroatoms. The zero-order valence-electron chi connectivity index (χ0n) is 11.3. The molecule has 4 nitrogen and oxygen atoms in total. The Hall–Kier alpha value is -2.67. The Kier molecular flexibility index (Phi) is 3.45. The zero-order chi connectivity index (χ0) is 16.9. The minimum Gasteiger partial charge on any atom is -0.453 e. The first kappa shape index (κ1) is 15.2. The molecule has 3 aromatic rings. The van der Waals surface area contributed by atoms with Crippen LogP contribution in [0.4, 0.5) is 24.5 Å². The highest BCUT2D eigenvalue weighted by Crippen LogP contribution is 2.34. The molecule has 0 aliphatic heterocycles. The van der Waals surface area contributed by atoms with E-state index in [4.69, 9.17) is 27.5 Å². The highest BCUT2D eigenvalue weighted by Gasteiger charge is 2.22. The van der Waals surface area contributed by atoms with Crippen LogP contribution in [0.25, 0.3) is 22.3 Å². The molecule has 4 N–H and O–H groups in total. The summed E-state index contributed by atoms with van der Waals surface area (Å²) in [6.45, 7) is 0. The average Bonchev–Trinajstić information content (AvgIpc) is 2.52. The number of rotatable bonds is 1. The lowest BCUT2D eigenvalue weighted by Crippen LogP contribution is -2.08. The summed E-state index contributed by atoms with van der Waals surface area (Å²) in [6, 6.07) is 4.62. The Morgan fingerprint density at radius 1 is 1.04 bits per heavy atom. The van der Waals surface area contributed by atoms with Crippen molar-refractivity contribution >= 4 is 33.9 Å². The van der Waals surface area contributed by atoms with Gasteiger partial charge in [0.2, 0.25) is 0 Å². The topological polar surface area (TPSA) is 82.2 Å². The predicted molar refractivity (Wildman–Crippen MR) is 81.6 cm³/mol. The molecule has 3 rings (SSSR count). The molecule has 2 aromatic carbocycles. The Morgan fingerprint density at radius 3 is 2.39 bits per heavy atom. The van der Waals surface area contributed by atoms with E-state index in [2.05, 4.69) is 0 Å². The van der Waals surface area contributed by atoms with E-state index in [0.29, 0.717) is 0 Å². The van der Waals surface area contributed by atoms with Crippen LogP contribution in [0.5, 0.6) is 0 Å². The van der Waals surface area contributed by atoms with Gasteiger partial charge in [-0.05, 0) is 18.2 Å². The second kappa shape index (κ2) is 5.20. The number of anilines is 2. The summed E-state index contributed by atoms with van der Waals surface area (Å²) in [5.41, 5.74) is 8.87. The van der Waals surface area contributed by atoms with E-state index in [-0.39, 0.29) is 17.0 Å². The van der Waals surface area contributed by atoms with E-state index >= 15 is 0 Å². The first-order chi connectivity index (χ1) is 10.8. The van der Waals surface area contributed by atoms with E-state index in [0.717, 1.165) is 12.1 Å². The number of nitrogen functional groups attached to an aromatic ring is 2. The zero-order valence-corrected chi connectivity index (χ0v) is 12.0. The fourth-order valence-corrected chi connectivity index (χ4v) is 2.34. The maximum atomic E-state index is 14.1. The average molecular weight is 341 g/mol. The summed E-state index contributed by atoms with van der Waals surface area (Å²) in [7, 11) is 0. The van der Waals surface area contributed by atoms with Gasteiger partial charge >= 0.3 is 0 Å². The smallest absolute Gasteiger partial charge is 0.195 e. The van der Waals surface area contributed by atoms with E-state index < -0.39 is 44.6 Å². The molecule has 0 amide bonds. The van der Waals surface area contributed by atoms with Crippen LogP contribution >= 0.6 is 11.6 Å². The Labute approximate surface area is 132 Å². The van der Waals surface area contributed by atoms with Gasteiger partial charge in [-0.15, -0.1) is 0 Å². The molecule has 118 valence electrons. The third-order valence-corrected chi connectivity index (χ3v) is 3.66. The van der Waals surface area contributed by atoms with Gasteiger partial charge in [-0.25, -0.2) is 13.2 Å². The van der Waals surface area contributed by atoms with Crippen molar-refractivity contribution in [3.63, 3.8) is 0 Å². The summed E-state index contributed by atoms with van der Waals surface area (Å²) < 4.78 is 46.6. The quantitative estimate of drug-likeness (QED) is 0.523. The predicted octanol–water partition coefficient (Wildman–Crippen LogP) is 3.70. The monoisotopic (exact) mass is 340 g/mol. The third-order valence-electron chi connectivity index (χ3n) is 3.32. The van der Waals surface area contributed by atoms with Crippen LogP contribution in [0, 0.1) is 17.5 Å². The fraction of sp³-hybridized carbons (Fsp3) is 0. The SMILES string of the molecule is Nc1ccc(-c2cc(=O)c3c(N)c(F)c(Cl)c(F)c3o2)cc1F. The standard InChI is InChI=1S/C15H8ClF3N2O2/c16-11-12(18)14(21)10-8(22)4-9(23-15(10)13(11)19)5-1-2-7(20)6(17)3-5/h1-4H,20-21H2. The normalized spacial score (nSPS) is 11.1. The molecular weight excluding hydrogens is 333 g/mol. The molecule has 0 saturated heterocycles. The van der Waals surface area contributed by atoms with Crippen molar-refractivity contribution in [2.24, 2.45) is 0 Å². The molecule has 1 heterocycles. The second-order valence-corrected chi connectivity index (χ2v) is 5.15. The van der Waals surface area contributed by atoms with Crippen LogP contribution in [0.2, 0.25) is 5.02 Å². The molecule has 0 radical (unpaired) electrons. The van der Waals surface area contributed by atoms with Crippen molar-refractivity contribution in [3.8, 4) is 11.3 Å². The number of benzene rings is 2. The molecular formula is C15H8ClF3N2O2.